The average Bonchev–Trinajstić information content (AvgIpc) is 2.65. The van der Waals surface area contributed by atoms with Crippen LogP contribution in [0.3, 0.4) is 0 Å². The van der Waals surface area contributed by atoms with Gasteiger partial charge < -0.3 is 4.90 Å². The van der Waals surface area contributed by atoms with Crippen LogP contribution in [0.25, 0.3) is 0 Å². The van der Waals surface area contributed by atoms with Gasteiger partial charge >= 0.3 is 0 Å². The second-order valence-corrected chi connectivity index (χ2v) is 6.25. The van der Waals surface area contributed by atoms with Gasteiger partial charge in [0.2, 0.25) is 0 Å². The first-order valence-electron chi connectivity index (χ1n) is 8.46. The van der Waals surface area contributed by atoms with Gasteiger partial charge in [0.05, 0.1) is 11.8 Å². The van der Waals surface area contributed by atoms with Crippen LogP contribution in [0.1, 0.15) is 36.9 Å². The zero-order valence-corrected chi connectivity index (χ0v) is 13.5. The normalized spacial score (nSPS) is 18.0. The predicted molar refractivity (Wildman–Crippen MR) is 92.0 cm³/mol. The molecule has 0 aliphatic carbocycles. The molecular weight excluding hydrogens is 282 g/mol. The molecule has 1 aromatic heterocycles. The molecule has 23 heavy (non-hydrogen) atoms. The van der Waals surface area contributed by atoms with Gasteiger partial charge in [-0.15, -0.1) is 0 Å². The highest BCUT2D eigenvalue weighted by Gasteiger charge is 2.36. The Hall–Kier alpha value is -2.18. The standard InChI is InChI=1S/C20H23N3/c21-17-20(18-9-3-1-4-10-18,19-11-5-6-13-22-19)12-16-23-14-7-2-8-15-23/h1,3-6,9-11,13H,2,7-8,12,14-16H2. The fourth-order valence-corrected chi connectivity index (χ4v) is 3.44. The van der Waals surface area contributed by atoms with E-state index in [-0.39, 0.29) is 0 Å². The Morgan fingerprint density at radius 1 is 1.00 bits per heavy atom. The molecule has 1 unspecified atom stereocenters. The molecule has 1 aromatic carbocycles. The number of piperidine rings is 1. The molecule has 118 valence electrons. The topological polar surface area (TPSA) is 39.9 Å². The van der Waals surface area contributed by atoms with Crippen LogP contribution in [0.5, 0.6) is 0 Å². The smallest absolute Gasteiger partial charge is 0.125 e. The minimum Gasteiger partial charge on any atom is -0.303 e. The maximum Gasteiger partial charge on any atom is 0.125 e. The first-order chi connectivity index (χ1) is 11.3. The summed E-state index contributed by atoms with van der Waals surface area (Å²) in [6.45, 7) is 3.25. The van der Waals surface area contributed by atoms with Gasteiger partial charge in [-0.25, -0.2) is 0 Å². The molecule has 1 atom stereocenters. The molecule has 2 heterocycles. The minimum atomic E-state index is -0.667. The summed E-state index contributed by atoms with van der Waals surface area (Å²) >= 11 is 0. The highest BCUT2D eigenvalue weighted by Crippen LogP contribution is 2.34. The molecule has 3 rings (SSSR count). The second kappa shape index (κ2) is 7.39. The van der Waals surface area contributed by atoms with Crippen LogP contribution in [-0.2, 0) is 5.41 Å². The Morgan fingerprint density at radius 3 is 2.39 bits per heavy atom. The molecule has 0 N–H and O–H groups in total. The van der Waals surface area contributed by atoms with E-state index in [0.29, 0.717) is 0 Å². The Kier molecular flexibility index (Phi) is 5.05. The summed E-state index contributed by atoms with van der Waals surface area (Å²) in [5.41, 5.74) is 1.23. The van der Waals surface area contributed by atoms with Crippen LogP contribution in [-0.4, -0.2) is 29.5 Å². The van der Waals surface area contributed by atoms with Crippen molar-refractivity contribution in [2.75, 3.05) is 19.6 Å². The number of likely N-dealkylation sites (tertiary alicyclic amines) is 1. The number of hydrogen-bond acceptors (Lipinski definition) is 3. The Balaban J connectivity index is 1.91. The number of nitrogens with zero attached hydrogens (tertiary/aromatic N) is 3. The number of hydrogen-bond donors (Lipinski definition) is 0. The van der Waals surface area contributed by atoms with E-state index in [4.69, 9.17) is 0 Å². The quantitative estimate of drug-likeness (QED) is 0.844. The van der Waals surface area contributed by atoms with E-state index in [9.17, 15) is 5.26 Å². The number of nitriles is 1. The van der Waals surface area contributed by atoms with Gasteiger partial charge in [0.15, 0.2) is 0 Å². The molecule has 1 aliphatic rings. The largest absolute Gasteiger partial charge is 0.303 e. The molecule has 0 bridgehead atoms. The maximum absolute atomic E-state index is 10.1. The third kappa shape index (κ3) is 3.43. The summed E-state index contributed by atoms with van der Waals surface area (Å²) in [5.74, 6) is 0. The molecule has 0 radical (unpaired) electrons. The van der Waals surface area contributed by atoms with Crippen molar-refractivity contribution in [2.24, 2.45) is 0 Å². The highest BCUT2D eigenvalue weighted by molar-refractivity contribution is 5.42. The van der Waals surface area contributed by atoms with Crippen molar-refractivity contribution in [3.05, 3.63) is 66.0 Å². The molecule has 0 spiro atoms. The van der Waals surface area contributed by atoms with Crippen molar-refractivity contribution in [1.29, 1.82) is 5.26 Å². The van der Waals surface area contributed by atoms with E-state index in [1.54, 1.807) is 6.20 Å². The van der Waals surface area contributed by atoms with Crippen molar-refractivity contribution >= 4 is 0 Å². The SMILES string of the molecule is N#CC(CCN1CCCCC1)(c1ccccc1)c1ccccn1. The van der Waals surface area contributed by atoms with Crippen LogP contribution >= 0.6 is 0 Å². The summed E-state index contributed by atoms with van der Waals surface area (Å²) < 4.78 is 0. The number of benzene rings is 1. The van der Waals surface area contributed by atoms with Crippen molar-refractivity contribution in [3.8, 4) is 6.07 Å². The lowest BCUT2D eigenvalue weighted by Gasteiger charge is -2.32. The summed E-state index contributed by atoms with van der Waals surface area (Å²) in [6, 6.07) is 18.6. The zero-order chi connectivity index (χ0) is 16.0. The molecule has 3 nitrogen and oxygen atoms in total. The summed E-state index contributed by atoms with van der Waals surface area (Å²) in [5, 5.41) is 10.1. The van der Waals surface area contributed by atoms with Gasteiger partial charge in [-0.2, -0.15) is 5.26 Å². The van der Waals surface area contributed by atoms with Gasteiger partial charge in [0.25, 0.3) is 0 Å². The highest BCUT2D eigenvalue weighted by atomic mass is 15.1. The van der Waals surface area contributed by atoms with Gasteiger partial charge in [0, 0.05) is 12.7 Å². The first kappa shape index (κ1) is 15.7. The lowest BCUT2D eigenvalue weighted by atomic mass is 9.75. The van der Waals surface area contributed by atoms with Gasteiger partial charge in [-0.05, 0) is 50.0 Å². The fourth-order valence-electron chi connectivity index (χ4n) is 3.44. The fraction of sp³-hybridized carbons (Fsp3) is 0.400. The van der Waals surface area contributed by atoms with E-state index in [2.05, 4.69) is 16.0 Å². The van der Waals surface area contributed by atoms with E-state index in [1.807, 2.05) is 48.5 Å². The van der Waals surface area contributed by atoms with E-state index in [1.165, 1.54) is 19.3 Å². The number of rotatable bonds is 5. The van der Waals surface area contributed by atoms with Crippen molar-refractivity contribution in [1.82, 2.24) is 9.88 Å². The first-order valence-corrected chi connectivity index (χ1v) is 8.46. The van der Waals surface area contributed by atoms with Crippen molar-refractivity contribution < 1.29 is 0 Å². The van der Waals surface area contributed by atoms with E-state index >= 15 is 0 Å². The summed E-state index contributed by atoms with van der Waals surface area (Å²) in [6.07, 6.45) is 6.44. The zero-order valence-electron chi connectivity index (χ0n) is 13.5. The van der Waals surface area contributed by atoms with Crippen molar-refractivity contribution in [2.45, 2.75) is 31.1 Å². The second-order valence-electron chi connectivity index (χ2n) is 6.25. The summed E-state index contributed by atoms with van der Waals surface area (Å²) in [4.78, 5) is 7.01. The molecule has 1 fully saturated rings. The molecular formula is C20H23N3. The third-order valence-electron chi connectivity index (χ3n) is 4.81. The Bertz CT molecular complexity index is 600. The van der Waals surface area contributed by atoms with E-state index < -0.39 is 5.41 Å². The van der Waals surface area contributed by atoms with Gasteiger partial charge in [0.1, 0.15) is 5.41 Å². The minimum absolute atomic E-state index is 0.667. The molecule has 3 heteroatoms. The molecule has 0 amide bonds. The monoisotopic (exact) mass is 305 g/mol. The maximum atomic E-state index is 10.1. The molecule has 0 saturated carbocycles. The van der Waals surface area contributed by atoms with Gasteiger partial charge in [-0.1, -0.05) is 42.8 Å². The molecule has 1 saturated heterocycles. The van der Waals surface area contributed by atoms with Crippen LogP contribution in [0, 0.1) is 11.3 Å². The summed E-state index contributed by atoms with van der Waals surface area (Å²) in [7, 11) is 0. The van der Waals surface area contributed by atoms with Crippen molar-refractivity contribution in [3.63, 3.8) is 0 Å². The molecule has 2 aromatic rings. The van der Waals surface area contributed by atoms with Crippen LogP contribution < -0.4 is 0 Å². The van der Waals surface area contributed by atoms with Gasteiger partial charge in [-0.3, -0.25) is 4.98 Å². The van der Waals surface area contributed by atoms with Crippen LogP contribution in [0.4, 0.5) is 0 Å². The number of pyridine rings is 1. The Morgan fingerprint density at radius 2 is 1.74 bits per heavy atom. The molecule has 1 aliphatic heterocycles. The van der Waals surface area contributed by atoms with E-state index in [0.717, 1.165) is 37.3 Å². The third-order valence-corrected chi connectivity index (χ3v) is 4.81. The number of aromatic nitrogens is 1. The lowest BCUT2D eigenvalue weighted by molar-refractivity contribution is 0.217. The predicted octanol–water partition coefficient (Wildman–Crippen LogP) is 3.77. The van der Waals surface area contributed by atoms with Crippen LogP contribution in [0.15, 0.2) is 54.7 Å². The lowest BCUT2D eigenvalue weighted by Crippen LogP contribution is -2.36. The average molecular weight is 305 g/mol. The Labute approximate surface area is 138 Å². The van der Waals surface area contributed by atoms with Crippen LogP contribution in [0.2, 0.25) is 0 Å².